The number of likely N-dealkylation sites (tertiary alicyclic amines) is 1. The Morgan fingerprint density at radius 1 is 1.32 bits per heavy atom. The zero-order chi connectivity index (χ0) is 13.8. The Bertz CT molecular complexity index is 412. The van der Waals surface area contributed by atoms with Gasteiger partial charge in [-0.25, -0.2) is 0 Å². The van der Waals surface area contributed by atoms with Crippen molar-refractivity contribution in [3.63, 3.8) is 0 Å². The molecule has 2 rings (SSSR count). The summed E-state index contributed by atoms with van der Waals surface area (Å²) in [4.78, 5) is 2.66. The lowest BCUT2D eigenvalue weighted by Gasteiger charge is -2.35. The van der Waals surface area contributed by atoms with Gasteiger partial charge in [0.05, 0.1) is 15.9 Å². The first-order valence-electron chi connectivity index (χ1n) is 7.61. The summed E-state index contributed by atoms with van der Waals surface area (Å²) in [7, 11) is 2.07. The third-order valence-corrected chi connectivity index (χ3v) is 5.14. The van der Waals surface area contributed by atoms with E-state index in [4.69, 9.17) is 0 Å². The molecular weight excluding hydrogens is 302 g/mol. The van der Waals surface area contributed by atoms with Gasteiger partial charge in [0.15, 0.2) is 0 Å². The van der Waals surface area contributed by atoms with Gasteiger partial charge >= 0.3 is 0 Å². The molecule has 4 heteroatoms. The number of aromatic nitrogens is 2. The average molecular weight is 328 g/mol. The summed E-state index contributed by atoms with van der Waals surface area (Å²) in [5.74, 6) is 0. The van der Waals surface area contributed by atoms with E-state index in [0.717, 1.165) is 19.0 Å². The number of halogens is 1. The maximum Gasteiger partial charge on any atom is 0.0767 e. The van der Waals surface area contributed by atoms with Gasteiger partial charge in [0.1, 0.15) is 0 Å². The van der Waals surface area contributed by atoms with E-state index in [1.165, 1.54) is 54.5 Å². The fraction of sp³-hybridized carbons (Fsp3) is 0.800. The molecule has 1 aromatic rings. The molecule has 19 heavy (non-hydrogen) atoms. The van der Waals surface area contributed by atoms with E-state index in [-0.39, 0.29) is 0 Å². The summed E-state index contributed by atoms with van der Waals surface area (Å²) in [6, 6.07) is 0.769. The van der Waals surface area contributed by atoms with Gasteiger partial charge in [-0.2, -0.15) is 5.10 Å². The first kappa shape index (κ1) is 15.0. The Kier molecular flexibility index (Phi) is 5.46. The number of hydrogen-bond acceptors (Lipinski definition) is 2. The summed E-state index contributed by atoms with van der Waals surface area (Å²) in [6.45, 7) is 6.73. The Balaban J connectivity index is 2.12. The van der Waals surface area contributed by atoms with Crippen molar-refractivity contribution in [1.29, 1.82) is 0 Å². The van der Waals surface area contributed by atoms with E-state index in [0.29, 0.717) is 0 Å². The first-order chi connectivity index (χ1) is 9.17. The molecular formula is C15H26BrN3. The standard InChI is InChI=1S/C15H26BrN3/c1-4-8-12-9-6-7-10-19(12)11-14-15(16)13(5-2)17-18(14)3/h12H,4-11H2,1-3H3. The molecule has 108 valence electrons. The van der Waals surface area contributed by atoms with Crippen LogP contribution in [0.25, 0.3) is 0 Å². The highest BCUT2D eigenvalue weighted by Crippen LogP contribution is 2.27. The summed E-state index contributed by atoms with van der Waals surface area (Å²) >= 11 is 3.74. The van der Waals surface area contributed by atoms with Crippen LogP contribution in [-0.2, 0) is 20.0 Å². The quantitative estimate of drug-likeness (QED) is 0.817. The highest BCUT2D eigenvalue weighted by molar-refractivity contribution is 9.10. The van der Waals surface area contributed by atoms with E-state index in [1.54, 1.807) is 0 Å². The number of hydrogen-bond donors (Lipinski definition) is 0. The van der Waals surface area contributed by atoms with Crippen LogP contribution in [0.1, 0.15) is 57.3 Å². The van der Waals surface area contributed by atoms with Crippen LogP contribution in [0.5, 0.6) is 0 Å². The Morgan fingerprint density at radius 2 is 2.11 bits per heavy atom. The zero-order valence-electron chi connectivity index (χ0n) is 12.5. The molecule has 0 aliphatic carbocycles. The van der Waals surface area contributed by atoms with Crippen molar-refractivity contribution >= 4 is 15.9 Å². The van der Waals surface area contributed by atoms with E-state index in [2.05, 4.69) is 51.5 Å². The molecule has 0 amide bonds. The zero-order valence-corrected chi connectivity index (χ0v) is 14.0. The second kappa shape index (κ2) is 6.89. The van der Waals surface area contributed by atoms with E-state index >= 15 is 0 Å². The van der Waals surface area contributed by atoms with Crippen LogP contribution in [0.15, 0.2) is 4.47 Å². The second-order valence-electron chi connectivity index (χ2n) is 5.59. The third kappa shape index (κ3) is 3.40. The fourth-order valence-electron chi connectivity index (χ4n) is 3.11. The second-order valence-corrected chi connectivity index (χ2v) is 6.39. The summed E-state index contributed by atoms with van der Waals surface area (Å²) in [5.41, 5.74) is 2.52. The third-order valence-electron chi connectivity index (χ3n) is 4.23. The van der Waals surface area contributed by atoms with Crippen molar-refractivity contribution in [3.8, 4) is 0 Å². The number of piperidine rings is 1. The smallest absolute Gasteiger partial charge is 0.0767 e. The fourth-order valence-corrected chi connectivity index (χ4v) is 3.85. The van der Waals surface area contributed by atoms with Crippen molar-refractivity contribution in [2.75, 3.05) is 6.54 Å². The normalized spacial score (nSPS) is 20.9. The van der Waals surface area contributed by atoms with Crippen LogP contribution in [0.2, 0.25) is 0 Å². The van der Waals surface area contributed by atoms with Gasteiger partial charge in [0.2, 0.25) is 0 Å². The first-order valence-corrected chi connectivity index (χ1v) is 8.40. The number of nitrogens with zero attached hydrogens (tertiary/aromatic N) is 3. The van der Waals surface area contributed by atoms with Gasteiger partial charge in [-0.1, -0.05) is 26.7 Å². The largest absolute Gasteiger partial charge is 0.295 e. The maximum absolute atomic E-state index is 4.61. The highest BCUT2D eigenvalue weighted by Gasteiger charge is 2.24. The lowest BCUT2D eigenvalue weighted by atomic mass is 9.98. The molecule has 1 unspecified atom stereocenters. The summed E-state index contributed by atoms with van der Waals surface area (Å²) in [6.07, 6.45) is 7.71. The van der Waals surface area contributed by atoms with Crippen molar-refractivity contribution in [2.24, 2.45) is 7.05 Å². The van der Waals surface area contributed by atoms with Crippen LogP contribution >= 0.6 is 15.9 Å². The molecule has 1 aromatic heterocycles. The topological polar surface area (TPSA) is 21.1 Å². The minimum atomic E-state index is 0.769. The maximum atomic E-state index is 4.61. The van der Waals surface area contributed by atoms with Gasteiger partial charge < -0.3 is 0 Å². The van der Waals surface area contributed by atoms with Crippen molar-refractivity contribution in [2.45, 2.75) is 65.0 Å². The summed E-state index contributed by atoms with van der Waals surface area (Å²) < 4.78 is 3.28. The molecule has 0 radical (unpaired) electrons. The SMILES string of the molecule is CCCC1CCCCN1Cc1c(Br)c(CC)nn1C. The predicted molar refractivity (Wildman–Crippen MR) is 83.2 cm³/mol. The Morgan fingerprint density at radius 3 is 2.74 bits per heavy atom. The molecule has 1 aliphatic rings. The van der Waals surface area contributed by atoms with Crippen LogP contribution in [-0.4, -0.2) is 27.3 Å². The predicted octanol–water partition coefficient (Wildman–Crippen LogP) is 3.90. The lowest BCUT2D eigenvalue weighted by molar-refractivity contribution is 0.128. The van der Waals surface area contributed by atoms with Gasteiger partial charge in [-0.3, -0.25) is 9.58 Å². The van der Waals surface area contributed by atoms with E-state index < -0.39 is 0 Å². The Hall–Kier alpha value is -0.350. The number of aryl methyl sites for hydroxylation is 2. The molecule has 0 aromatic carbocycles. The van der Waals surface area contributed by atoms with E-state index in [1.807, 2.05) is 0 Å². The minimum absolute atomic E-state index is 0.769. The monoisotopic (exact) mass is 327 g/mol. The van der Waals surface area contributed by atoms with Crippen LogP contribution < -0.4 is 0 Å². The molecule has 0 spiro atoms. The molecule has 1 saturated heterocycles. The molecule has 1 atom stereocenters. The van der Waals surface area contributed by atoms with Crippen LogP contribution in [0.4, 0.5) is 0 Å². The van der Waals surface area contributed by atoms with Gasteiger partial charge in [0, 0.05) is 19.6 Å². The lowest BCUT2D eigenvalue weighted by Crippen LogP contribution is -2.39. The van der Waals surface area contributed by atoms with Crippen molar-refractivity contribution in [3.05, 3.63) is 15.9 Å². The van der Waals surface area contributed by atoms with Gasteiger partial charge in [0.25, 0.3) is 0 Å². The van der Waals surface area contributed by atoms with Crippen molar-refractivity contribution < 1.29 is 0 Å². The van der Waals surface area contributed by atoms with Gasteiger partial charge in [-0.15, -0.1) is 0 Å². The Labute approximate surface area is 125 Å². The molecule has 0 saturated carbocycles. The van der Waals surface area contributed by atoms with E-state index in [9.17, 15) is 0 Å². The molecule has 1 aliphatic heterocycles. The number of rotatable bonds is 5. The van der Waals surface area contributed by atoms with Crippen molar-refractivity contribution in [1.82, 2.24) is 14.7 Å². The highest BCUT2D eigenvalue weighted by atomic mass is 79.9. The molecule has 0 bridgehead atoms. The summed E-state index contributed by atoms with van der Waals surface area (Å²) in [5, 5.41) is 4.61. The minimum Gasteiger partial charge on any atom is -0.295 e. The molecule has 3 nitrogen and oxygen atoms in total. The molecule has 0 N–H and O–H groups in total. The molecule has 1 fully saturated rings. The van der Waals surface area contributed by atoms with Crippen LogP contribution in [0.3, 0.4) is 0 Å². The van der Waals surface area contributed by atoms with Gasteiger partial charge in [-0.05, 0) is 48.2 Å². The molecule has 2 heterocycles. The average Bonchev–Trinajstić information content (AvgIpc) is 2.68. The van der Waals surface area contributed by atoms with Crippen LogP contribution in [0, 0.1) is 0 Å².